The maximum Gasteiger partial charge on any atom is 0.239 e. The summed E-state index contributed by atoms with van der Waals surface area (Å²) in [5.74, 6) is 0.363. The molecule has 1 amide bonds. The summed E-state index contributed by atoms with van der Waals surface area (Å²) in [6, 6.07) is 1.83. The average molecular weight is 223 g/mol. The molecule has 5 heteroatoms. The Bertz CT molecular complexity index is 377. The van der Waals surface area contributed by atoms with Crippen LogP contribution in [0.3, 0.4) is 0 Å². The minimum absolute atomic E-state index is 0.0607. The molecule has 1 rings (SSSR count). The van der Waals surface area contributed by atoms with Crippen LogP contribution in [0.4, 0.5) is 11.4 Å². The molecule has 0 aliphatic heterocycles. The van der Waals surface area contributed by atoms with Crippen LogP contribution in [0.5, 0.6) is 5.88 Å². The van der Waals surface area contributed by atoms with Gasteiger partial charge in [0.2, 0.25) is 11.8 Å². The zero-order chi connectivity index (χ0) is 12.1. The van der Waals surface area contributed by atoms with E-state index in [9.17, 15) is 4.79 Å². The quantitative estimate of drug-likeness (QED) is 0.840. The topological polar surface area (TPSA) is 54.5 Å². The highest BCUT2D eigenvalue weighted by molar-refractivity contribution is 5.95. The maximum absolute atomic E-state index is 11.4. The van der Waals surface area contributed by atoms with Gasteiger partial charge in [-0.2, -0.15) is 0 Å². The Kier molecular flexibility index (Phi) is 4.10. The van der Waals surface area contributed by atoms with E-state index in [4.69, 9.17) is 4.74 Å². The molecule has 88 valence electrons. The van der Waals surface area contributed by atoms with Crippen molar-refractivity contribution in [2.24, 2.45) is 0 Å². The van der Waals surface area contributed by atoms with E-state index in [0.29, 0.717) is 18.0 Å². The van der Waals surface area contributed by atoms with E-state index in [1.807, 2.05) is 25.1 Å². The molecule has 16 heavy (non-hydrogen) atoms. The predicted molar refractivity (Wildman–Crippen MR) is 64.0 cm³/mol. The Morgan fingerprint density at radius 2 is 2.25 bits per heavy atom. The van der Waals surface area contributed by atoms with Crippen LogP contribution in [-0.4, -0.2) is 32.1 Å². The maximum atomic E-state index is 11.4. The number of carbonyl (C=O) groups excluding carboxylic acids is 1. The van der Waals surface area contributed by atoms with Crippen LogP contribution < -0.4 is 15.0 Å². The van der Waals surface area contributed by atoms with E-state index in [1.54, 1.807) is 13.1 Å². The Labute approximate surface area is 95.4 Å². The lowest BCUT2D eigenvalue weighted by atomic mass is 10.3. The summed E-state index contributed by atoms with van der Waals surface area (Å²) in [6.45, 7) is 1.80. The second-order valence-electron chi connectivity index (χ2n) is 3.51. The van der Waals surface area contributed by atoms with E-state index in [1.165, 1.54) is 7.11 Å². The zero-order valence-corrected chi connectivity index (χ0v) is 10.1. The van der Waals surface area contributed by atoms with Gasteiger partial charge in [-0.1, -0.05) is 6.92 Å². The fourth-order valence-corrected chi connectivity index (χ4v) is 1.31. The number of hydrogen-bond donors (Lipinski definition) is 1. The first-order chi connectivity index (χ1) is 7.60. The van der Waals surface area contributed by atoms with E-state index in [-0.39, 0.29) is 5.91 Å². The Morgan fingerprint density at radius 1 is 1.56 bits per heavy atom. The SMILES string of the molecule is CCC(=O)Nc1c(N(C)C)ccnc1OC. The largest absolute Gasteiger partial charge is 0.479 e. The molecule has 0 unspecified atom stereocenters. The molecular weight excluding hydrogens is 206 g/mol. The molecule has 0 fully saturated rings. The smallest absolute Gasteiger partial charge is 0.239 e. The monoisotopic (exact) mass is 223 g/mol. The first-order valence-electron chi connectivity index (χ1n) is 5.10. The van der Waals surface area contributed by atoms with Crippen LogP contribution in [-0.2, 0) is 4.79 Å². The first kappa shape index (κ1) is 12.3. The third-order valence-electron chi connectivity index (χ3n) is 2.15. The van der Waals surface area contributed by atoms with Gasteiger partial charge in [0.05, 0.1) is 12.8 Å². The predicted octanol–water partition coefficient (Wildman–Crippen LogP) is 1.50. The molecule has 0 aliphatic rings. The van der Waals surface area contributed by atoms with Gasteiger partial charge in [0.15, 0.2) is 0 Å². The number of carbonyl (C=O) groups is 1. The van der Waals surface area contributed by atoms with Gasteiger partial charge in [-0.3, -0.25) is 4.79 Å². The fourth-order valence-electron chi connectivity index (χ4n) is 1.31. The van der Waals surface area contributed by atoms with Crippen molar-refractivity contribution in [1.82, 2.24) is 4.98 Å². The summed E-state index contributed by atoms with van der Waals surface area (Å²) < 4.78 is 5.13. The number of ether oxygens (including phenoxy) is 1. The van der Waals surface area contributed by atoms with Crippen LogP contribution in [0.1, 0.15) is 13.3 Å². The van der Waals surface area contributed by atoms with Crippen molar-refractivity contribution < 1.29 is 9.53 Å². The van der Waals surface area contributed by atoms with E-state index in [0.717, 1.165) is 5.69 Å². The number of pyridine rings is 1. The zero-order valence-electron chi connectivity index (χ0n) is 10.1. The van der Waals surface area contributed by atoms with Gasteiger partial charge in [-0.15, -0.1) is 0 Å². The van der Waals surface area contributed by atoms with Crippen molar-refractivity contribution in [3.8, 4) is 5.88 Å². The molecule has 0 atom stereocenters. The molecule has 0 spiro atoms. The normalized spacial score (nSPS) is 9.75. The van der Waals surface area contributed by atoms with Crippen LogP contribution in [0.15, 0.2) is 12.3 Å². The van der Waals surface area contributed by atoms with Crippen molar-refractivity contribution in [2.75, 3.05) is 31.4 Å². The number of rotatable bonds is 4. The van der Waals surface area contributed by atoms with Crippen molar-refractivity contribution in [3.05, 3.63) is 12.3 Å². The third-order valence-corrected chi connectivity index (χ3v) is 2.15. The van der Waals surface area contributed by atoms with Gasteiger partial charge in [0.1, 0.15) is 5.69 Å². The summed E-state index contributed by atoms with van der Waals surface area (Å²) in [5, 5.41) is 2.79. The summed E-state index contributed by atoms with van der Waals surface area (Å²) in [6.07, 6.45) is 2.07. The van der Waals surface area contributed by atoms with Gasteiger partial charge >= 0.3 is 0 Å². The Morgan fingerprint density at radius 3 is 2.75 bits per heavy atom. The molecule has 1 aromatic heterocycles. The van der Waals surface area contributed by atoms with Crippen molar-refractivity contribution in [2.45, 2.75) is 13.3 Å². The lowest BCUT2D eigenvalue weighted by molar-refractivity contribution is -0.115. The summed E-state index contributed by atoms with van der Waals surface area (Å²) >= 11 is 0. The summed E-state index contributed by atoms with van der Waals surface area (Å²) in [5.41, 5.74) is 1.48. The number of anilines is 2. The highest BCUT2D eigenvalue weighted by atomic mass is 16.5. The van der Waals surface area contributed by atoms with Crippen LogP contribution in [0, 0.1) is 0 Å². The van der Waals surface area contributed by atoms with E-state index in [2.05, 4.69) is 10.3 Å². The van der Waals surface area contributed by atoms with E-state index < -0.39 is 0 Å². The van der Waals surface area contributed by atoms with Gasteiger partial charge in [0.25, 0.3) is 0 Å². The van der Waals surface area contributed by atoms with Crippen LogP contribution in [0.25, 0.3) is 0 Å². The molecule has 0 radical (unpaired) electrons. The number of nitrogens with one attached hydrogen (secondary N) is 1. The molecule has 0 aromatic carbocycles. The highest BCUT2D eigenvalue weighted by Gasteiger charge is 2.13. The average Bonchev–Trinajstić information content (AvgIpc) is 2.28. The highest BCUT2D eigenvalue weighted by Crippen LogP contribution is 2.31. The van der Waals surface area contributed by atoms with Gasteiger partial charge in [0, 0.05) is 26.7 Å². The number of methoxy groups -OCH3 is 1. The third kappa shape index (κ3) is 2.62. The second-order valence-corrected chi connectivity index (χ2v) is 3.51. The fraction of sp³-hybridized carbons (Fsp3) is 0.455. The Hall–Kier alpha value is -1.78. The number of hydrogen-bond acceptors (Lipinski definition) is 4. The molecule has 0 aliphatic carbocycles. The lowest BCUT2D eigenvalue weighted by Gasteiger charge is -2.19. The molecule has 5 nitrogen and oxygen atoms in total. The lowest BCUT2D eigenvalue weighted by Crippen LogP contribution is -2.17. The van der Waals surface area contributed by atoms with Gasteiger partial charge in [-0.25, -0.2) is 4.98 Å². The molecule has 0 saturated heterocycles. The summed E-state index contributed by atoms with van der Waals surface area (Å²) in [7, 11) is 5.33. The molecule has 1 aromatic rings. The van der Waals surface area contributed by atoms with Crippen LogP contribution >= 0.6 is 0 Å². The van der Waals surface area contributed by atoms with Crippen molar-refractivity contribution in [1.29, 1.82) is 0 Å². The number of aromatic nitrogens is 1. The standard InChI is InChI=1S/C11H17N3O2/c1-5-9(15)13-10-8(14(2)3)6-7-12-11(10)16-4/h6-7H,5H2,1-4H3,(H,13,15). The molecule has 1 N–H and O–H groups in total. The first-order valence-corrected chi connectivity index (χ1v) is 5.10. The Balaban J connectivity index is 3.14. The van der Waals surface area contributed by atoms with Crippen molar-refractivity contribution in [3.63, 3.8) is 0 Å². The summed E-state index contributed by atoms with van der Waals surface area (Å²) in [4.78, 5) is 17.4. The van der Waals surface area contributed by atoms with Crippen LogP contribution in [0.2, 0.25) is 0 Å². The van der Waals surface area contributed by atoms with Gasteiger partial charge < -0.3 is 15.0 Å². The second kappa shape index (κ2) is 5.34. The number of amides is 1. The van der Waals surface area contributed by atoms with Crippen molar-refractivity contribution >= 4 is 17.3 Å². The molecule has 0 bridgehead atoms. The molecular formula is C11H17N3O2. The van der Waals surface area contributed by atoms with E-state index >= 15 is 0 Å². The minimum Gasteiger partial charge on any atom is -0.479 e. The minimum atomic E-state index is -0.0607. The molecule has 0 saturated carbocycles. The number of nitrogens with zero attached hydrogens (tertiary/aromatic N) is 2. The van der Waals surface area contributed by atoms with Gasteiger partial charge in [-0.05, 0) is 6.07 Å². The molecule has 1 heterocycles.